The summed E-state index contributed by atoms with van der Waals surface area (Å²) in [5, 5.41) is 20.9. The normalized spacial score (nSPS) is 18.0. The first-order valence-corrected chi connectivity index (χ1v) is 8.76. The molecule has 0 saturated carbocycles. The molecule has 1 aromatic heterocycles. The number of urea groups is 1. The second kappa shape index (κ2) is 7.65. The molecule has 2 N–H and O–H groups in total. The van der Waals surface area contributed by atoms with E-state index in [1.54, 1.807) is 9.58 Å². The minimum absolute atomic E-state index is 0.0918. The molecule has 0 bridgehead atoms. The van der Waals surface area contributed by atoms with Crippen LogP contribution in [0.3, 0.4) is 0 Å². The molecule has 7 heteroatoms. The summed E-state index contributed by atoms with van der Waals surface area (Å²) >= 11 is 0. The molecule has 1 aromatic carbocycles. The van der Waals surface area contributed by atoms with Crippen LogP contribution in [0.4, 0.5) is 4.79 Å². The van der Waals surface area contributed by atoms with Gasteiger partial charge in [0.1, 0.15) is 5.69 Å². The first-order valence-electron chi connectivity index (χ1n) is 8.76. The highest BCUT2D eigenvalue weighted by molar-refractivity contribution is 5.74. The van der Waals surface area contributed by atoms with Crippen LogP contribution in [0.25, 0.3) is 5.69 Å². The Balaban J connectivity index is 1.56. The molecule has 2 amide bonds. The predicted molar refractivity (Wildman–Crippen MR) is 94.3 cm³/mol. The number of hydrogen-bond donors (Lipinski definition) is 2. The maximum atomic E-state index is 12.4. The fourth-order valence-corrected chi connectivity index (χ4v) is 3.12. The van der Waals surface area contributed by atoms with E-state index in [9.17, 15) is 9.90 Å². The lowest BCUT2D eigenvalue weighted by molar-refractivity contribution is 0.0794. The monoisotopic (exact) mass is 343 g/mol. The van der Waals surface area contributed by atoms with Gasteiger partial charge < -0.3 is 15.3 Å². The van der Waals surface area contributed by atoms with Gasteiger partial charge in [0.25, 0.3) is 0 Å². The van der Waals surface area contributed by atoms with Crippen molar-refractivity contribution >= 4 is 6.03 Å². The molecule has 2 unspecified atom stereocenters. The Morgan fingerprint density at radius 3 is 2.56 bits per heavy atom. The lowest BCUT2D eigenvalue weighted by Gasteiger charge is -2.33. The molecule has 1 aliphatic heterocycles. The molecule has 7 nitrogen and oxygen atoms in total. The fourth-order valence-electron chi connectivity index (χ4n) is 3.12. The summed E-state index contributed by atoms with van der Waals surface area (Å²) in [5.41, 5.74) is 1.65. The molecule has 1 fully saturated rings. The summed E-state index contributed by atoms with van der Waals surface area (Å²) in [6.07, 6.45) is 3.20. The van der Waals surface area contributed by atoms with Crippen LogP contribution in [0.1, 0.15) is 38.4 Å². The van der Waals surface area contributed by atoms with Crippen molar-refractivity contribution in [3.63, 3.8) is 0 Å². The number of carbonyl (C=O) groups excluding carboxylic acids is 1. The first-order chi connectivity index (χ1) is 12.0. The van der Waals surface area contributed by atoms with Crippen LogP contribution in [-0.4, -0.2) is 50.2 Å². The van der Waals surface area contributed by atoms with Crippen LogP contribution in [0.15, 0.2) is 36.5 Å². The average molecular weight is 343 g/mol. The molecule has 2 aromatic rings. The van der Waals surface area contributed by atoms with Crippen LogP contribution in [0, 0.1) is 5.92 Å². The van der Waals surface area contributed by atoms with Crippen LogP contribution in [-0.2, 0) is 0 Å². The van der Waals surface area contributed by atoms with E-state index in [0.717, 1.165) is 24.2 Å². The van der Waals surface area contributed by atoms with Gasteiger partial charge in [0.15, 0.2) is 0 Å². The van der Waals surface area contributed by atoms with E-state index in [0.29, 0.717) is 13.1 Å². The Hall–Kier alpha value is -2.41. The summed E-state index contributed by atoms with van der Waals surface area (Å²) in [6, 6.07) is 9.43. The van der Waals surface area contributed by atoms with Gasteiger partial charge in [0.2, 0.25) is 0 Å². The quantitative estimate of drug-likeness (QED) is 0.891. The molecule has 0 aliphatic carbocycles. The summed E-state index contributed by atoms with van der Waals surface area (Å²) in [7, 11) is 0. The lowest BCUT2D eigenvalue weighted by Crippen LogP contribution is -2.46. The van der Waals surface area contributed by atoms with E-state index in [-0.39, 0.29) is 24.1 Å². The second-order valence-electron chi connectivity index (χ2n) is 6.66. The third-order valence-electron chi connectivity index (χ3n) is 4.82. The summed E-state index contributed by atoms with van der Waals surface area (Å²) in [5.74, 6) is 0.284. The third kappa shape index (κ3) is 4.17. The molecule has 25 heavy (non-hydrogen) atoms. The minimum Gasteiger partial charge on any atom is -0.393 e. The molecule has 0 radical (unpaired) electrons. The number of aromatic nitrogens is 3. The summed E-state index contributed by atoms with van der Waals surface area (Å²) < 4.78 is 1.70. The number of benzene rings is 1. The van der Waals surface area contributed by atoms with Gasteiger partial charge in [-0.2, -0.15) is 0 Å². The van der Waals surface area contributed by atoms with Gasteiger partial charge in [-0.05, 0) is 44.7 Å². The van der Waals surface area contributed by atoms with Crippen LogP contribution in [0.5, 0.6) is 0 Å². The number of para-hydroxylation sites is 1. The number of rotatable bonds is 4. The van der Waals surface area contributed by atoms with Crippen molar-refractivity contribution in [2.24, 2.45) is 5.92 Å². The zero-order chi connectivity index (χ0) is 17.8. The minimum atomic E-state index is -0.308. The molecular weight excluding hydrogens is 318 g/mol. The fraction of sp³-hybridized carbons (Fsp3) is 0.500. The van der Waals surface area contributed by atoms with E-state index < -0.39 is 0 Å². The largest absolute Gasteiger partial charge is 0.393 e. The molecular formula is C18H25N5O2. The Labute approximate surface area is 147 Å². The topological polar surface area (TPSA) is 83.3 Å². The van der Waals surface area contributed by atoms with E-state index in [4.69, 9.17) is 0 Å². The number of hydrogen-bond acceptors (Lipinski definition) is 4. The number of carbonyl (C=O) groups is 1. The van der Waals surface area contributed by atoms with Crippen molar-refractivity contribution in [2.75, 3.05) is 13.1 Å². The van der Waals surface area contributed by atoms with Gasteiger partial charge in [0, 0.05) is 13.1 Å². The molecule has 134 valence electrons. The second-order valence-corrected chi connectivity index (χ2v) is 6.66. The van der Waals surface area contributed by atoms with Gasteiger partial charge >= 0.3 is 6.03 Å². The SMILES string of the molecule is CC(NC(=O)N1CCC(C(C)O)CC1)c1cn(-c2ccccc2)nn1. The highest BCUT2D eigenvalue weighted by Gasteiger charge is 2.26. The van der Waals surface area contributed by atoms with Crippen LogP contribution >= 0.6 is 0 Å². The molecule has 3 rings (SSSR count). The number of amides is 2. The predicted octanol–water partition coefficient (Wildman–Crippen LogP) is 2.13. The number of aliphatic hydroxyl groups is 1. The summed E-state index contributed by atoms with van der Waals surface area (Å²) in [4.78, 5) is 14.2. The Morgan fingerprint density at radius 2 is 1.92 bits per heavy atom. The van der Waals surface area contributed by atoms with Gasteiger partial charge in [-0.1, -0.05) is 23.4 Å². The van der Waals surface area contributed by atoms with Gasteiger partial charge in [0.05, 0.1) is 24.0 Å². The van der Waals surface area contributed by atoms with E-state index in [2.05, 4.69) is 15.6 Å². The van der Waals surface area contributed by atoms with Gasteiger partial charge in [-0.15, -0.1) is 5.10 Å². The lowest BCUT2D eigenvalue weighted by atomic mass is 9.92. The van der Waals surface area contributed by atoms with E-state index in [1.165, 1.54) is 0 Å². The average Bonchev–Trinajstić information content (AvgIpc) is 3.13. The van der Waals surface area contributed by atoms with Crippen molar-refractivity contribution in [3.05, 3.63) is 42.2 Å². The van der Waals surface area contributed by atoms with E-state index >= 15 is 0 Å². The Bertz CT molecular complexity index is 693. The number of likely N-dealkylation sites (tertiary alicyclic amines) is 1. The number of piperidine rings is 1. The smallest absolute Gasteiger partial charge is 0.317 e. The van der Waals surface area contributed by atoms with Crippen molar-refractivity contribution in [3.8, 4) is 5.69 Å². The van der Waals surface area contributed by atoms with Gasteiger partial charge in [-0.3, -0.25) is 0 Å². The Kier molecular flexibility index (Phi) is 5.33. The number of aliphatic hydroxyl groups excluding tert-OH is 1. The zero-order valence-electron chi connectivity index (χ0n) is 14.7. The standard InChI is InChI=1S/C18H25N5O2/c1-13(17-12-23(21-20-17)16-6-4-3-5-7-16)19-18(25)22-10-8-15(9-11-22)14(2)24/h3-7,12-15,24H,8-11H2,1-2H3,(H,19,25). The highest BCUT2D eigenvalue weighted by Crippen LogP contribution is 2.21. The third-order valence-corrected chi connectivity index (χ3v) is 4.82. The molecule has 1 aliphatic rings. The molecule has 0 spiro atoms. The van der Waals surface area contributed by atoms with E-state index in [1.807, 2.05) is 50.4 Å². The molecule has 2 atom stereocenters. The highest BCUT2D eigenvalue weighted by atomic mass is 16.3. The maximum Gasteiger partial charge on any atom is 0.317 e. The summed E-state index contributed by atoms with van der Waals surface area (Å²) in [6.45, 7) is 5.06. The number of nitrogens with zero attached hydrogens (tertiary/aromatic N) is 4. The Morgan fingerprint density at radius 1 is 1.24 bits per heavy atom. The first kappa shape index (κ1) is 17.4. The van der Waals surface area contributed by atoms with Crippen molar-refractivity contribution in [1.29, 1.82) is 0 Å². The van der Waals surface area contributed by atoms with Crippen molar-refractivity contribution in [2.45, 2.75) is 38.8 Å². The number of nitrogens with one attached hydrogen (secondary N) is 1. The molecule has 1 saturated heterocycles. The van der Waals surface area contributed by atoms with Crippen molar-refractivity contribution in [1.82, 2.24) is 25.2 Å². The zero-order valence-corrected chi connectivity index (χ0v) is 14.7. The van der Waals surface area contributed by atoms with Gasteiger partial charge in [-0.25, -0.2) is 9.48 Å². The van der Waals surface area contributed by atoms with Crippen LogP contribution in [0.2, 0.25) is 0 Å². The molecule has 2 heterocycles. The van der Waals surface area contributed by atoms with Crippen LogP contribution < -0.4 is 5.32 Å². The maximum absolute atomic E-state index is 12.4. The van der Waals surface area contributed by atoms with Crippen molar-refractivity contribution < 1.29 is 9.90 Å².